The number of hydrogen-bond donors (Lipinski definition) is 1. The molecule has 1 aliphatic carbocycles. The maximum Gasteiger partial charge on any atom is 0.119 e. The number of hydrogen-bond acceptors (Lipinski definition) is 2. The second-order valence-corrected chi connectivity index (χ2v) is 6.90. The molecule has 0 saturated heterocycles. The van der Waals surface area contributed by atoms with Gasteiger partial charge in [0, 0.05) is 5.41 Å². The predicted octanol–water partition coefficient (Wildman–Crippen LogP) is 5.46. The molecule has 0 amide bonds. The molecule has 1 aromatic rings. The highest BCUT2D eigenvalue weighted by Gasteiger charge is 2.30. The lowest BCUT2D eigenvalue weighted by Gasteiger charge is -2.31. The van der Waals surface area contributed by atoms with Gasteiger partial charge in [-0.05, 0) is 42.2 Å². The van der Waals surface area contributed by atoms with Crippen LogP contribution in [-0.4, -0.2) is 12.4 Å². The van der Waals surface area contributed by atoms with Crippen LogP contribution in [0.3, 0.4) is 0 Å². The molecule has 112 valence electrons. The lowest BCUT2D eigenvalue weighted by atomic mass is 9.83. The summed E-state index contributed by atoms with van der Waals surface area (Å²) in [7, 11) is 0. The Morgan fingerprint density at radius 1 is 1.05 bits per heavy atom. The van der Waals surface area contributed by atoms with Crippen LogP contribution in [0.25, 0.3) is 0 Å². The molecule has 2 rings (SSSR count). The average Bonchev–Trinajstić information content (AvgIpc) is 2.72. The standard InChI is InChI=1S/C18H28OS/c1-15(2)16-7-9-17(10-8-16)19-13-18(14-20)11-5-3-4-6-12-18/h7-10,15,20H,3-6,11-14H2,1-2H3. The predicted molar refractivity (Wildman–Crippen MR) is 90.0 cm³/mol. The van der Waals surface area contributed by atoms with Crippen LogP contribution in [0.15, 0.2) is 24.3 Å². The van der Waals surface area contributed by atoms with Crippen LogP contribution in [0, 0.1) is 5.41 Å². The van der Waals surface area contributed by atoms with Crippen molar-refractivity contribution in [3.8, 4) is 5.75 Å². The van der Waals surface area contributed by atoms with Gasteiger partial charge in [0.15, 0.2) is 0 Å². The van der Waals surface area contributed by atoms with Gasteiger partial charge in [-0.15, -0.1) is 0 Å². The lowest BCUT2D eigenvalue weighted by molar-refractivity contribution is 0.148. The number of benzene rings is 1. The molecule has 1 aliphatic rings. The second-order valence-electron chi connectivity index (χ2n) is 6.58. The summed E-state index contributed by atoms with van der Waals surface area (Å²) in [6, 6.07) is 8.58. The normalized spacial score (nSPS) is 18.8. The first-order valence-corrected chi connectivity index (χ1v) is 8.62. The van der Waals surface area contributed by atoms with E-state index in [0.29, 0.717) is 5.92 Å². The summed E-state index contributed by atoms with van der Waals surface area (Å²) in [6.07, 6.45) is 7.94. The molecular weight excluding hydrogens is 264 g/mol. The van der Waals surface area contributed by atoms with Gasteiger partial charge in [-0.1, -0.05) is 51.7 Å². The van der Waals surface area contributed by atoms with E-state index in [0.717, 1.165) is 18.1 Å². The summed E-state index contributed by atoms with van der Waals surface area (Å²) in [5, 5.41) is 0. The van der Waals surface area contributed by atoms with E-state index in [1.165, 1.54) is 44.1 Å². The average molecular weight is 292 g/mol. The highest BCUT2D eigenvalue weighted by Crippen LogP contribution is 2.36. The number of ether oxygens (including phenoxy) is 1. The summed E-state index contributed by atoms with van der Waals surface area (Å²) in [5.74, 6) is 2.52. The van der Waals surface area contributed by atoms with Crippen LogP contribution < -0.4 is 4.74 Å². The maximum absolute atomic E-state index is 6.08. The Morgan fingerprint density at radius 2 is 1.65 bits per heavy atom. The quantitative estimate of drug-likeness (QED) is 0.560. The second kappa shape index (κ2) is 7.40. The van der Waals surface area contributed by atoms with Crippen molar-refractivity contribution in [2.75, 3.05) is 12.4 Å². The van der Waals surface area contributed by atoms with Crippen molar-refractivity contribution in [1.82, 2.24) is 0 Å². The van der Waals surface area contributed by atoms with Gasteiger partial charge < -0.3 is 4.74 Å². The summed E-state index contributed by atoms with van der Waals surface area (Å²) in [6.45, 7) is 5.26. The molecule has 0 unspecified atom stereocenters. The smallest absolute Gasteiger partial charge is 0.119 e. The SMILES string of the molecule is CC(C)c1ccc(OCC2(CS)CCCCCC2)cc1. The fraction of sp³-hybridized carbons (Fsp3) is 0.667. The Balaban J connectivity index is 1.95. The van der Waals surface area contributed by atoms with Crippen molar-refractivity contribution >= 4 is 12.6 Å². The van der Waals surface area contributed by atoms with Crippen LogP contribution in [-0.2, 0) is 0 Å². The summed E-state index contributed by atoms with van der Waals surface area (Å²) in [5.41, 5.74) is 1.66. The molecule has 0 heterocycles. The van der Waals surface area contributed by atoms with Crippen molar-refractivity contribution in [3.63, 3.8) is 0 Å². The zero-order valence-corrected chi connectivity index (χ0v) is 13.8. The van der Waals surface area contributed by atoms with Crippen LogP contribution in [0.4, 0.5) is 0 Å². The molecule has 2 heteroatoms. The first-order chi connectivity index (χ1) is 9.65. The number of rotatable bonds is 5. The van der Waals surface area contributed by atoms with E-state index in [9.17, 15) is 0 Å². The number of thiol groups is 1. The molecule has 1 aromatic carbocycles. The maximum atomic E-state index is 6.08. The van der Waals surface area contributed by atoms with Gasteiger partial charge in [0.05, 0.1) is 6.61 Å². The molecule has 0 spiro atoms. The van der Waals surface area contributed by atoms with E-state index in [1.807, 2.05) is 0 Å². The van der Waals surface area contributed by atoms with Crippen molar-refractivity contribution in [2.24, 2.45) is 5.41 Å². The fourth-order valence-corrected chi connectivity index (χ4v) is 3.42. The minimum absolute atomic E-state index is 0.288. The fourth-order valence-electron chi connectivity index (χ4n) is 3.01. The Bertz CT molecular complexity index is 388. The van der Waals surface area contributed by atoms with Gasteiger partial charge in [-0.3, -0.25) is 0 Å². The molecule has 1 nitrogen and oxygen atoms in total. The Morgan fingerprint density at radius 3 is 2.15 bits per heavy atom. The van der Waals surface area contributed by atoms with Gasteiger partial charge in [0.2, 0.25) is 0 Å². The van der Waals surface area contributed by atoms with E-state index in [-0.39, 0.29) is 5.41 Å². The van der Waals surface area contributed by atoms with Gasteiger partial charge in [-0.2, -0.15) is 12.6 Å². The third kappa shape index (κ3) is 4.18. The minimum Gasteiger partial charge on any atom is -0.493 e. The molecule has 0 aromatic heterocycles. The molecule has 0 bridgehead atoms. The first kappa shape index (κ1) is 15.8. The van der Waals surface area contributed by atoms with E-state index >= 15 is 0 Å². The van der Waals surface area contributed by atoms with E-state index in [1.54, 1.807) is 0 Å². The Kier molecular flexibility index (Phi) is 5.83. The third-order valence-electron chi connectivity index (χ3n) is 4.59. The third-order valence-corrected chi connectivity index (χ3v) is 5.26. The lowest BCUT2D eigenvalue weighted by Crippen LogP contribution is -2.30. The highest BCUT2D eigenvalue weighted by molar-refractivity contribution is 7.80. The topological polar surface area (TPSA) is 9.23 Å². The van der Waals surface area contributed by atoms with Crippen LogP contribution >= 0.6 is 12.6 Å². The van der Waals surface area contributed by atoms with Crippen molar-refractivity contribution in [2.45, 2.75) is 58.3 Å². The minimum atomic E-state index is 0.288. The van der Waals surface area contributed by atoms with E-state index in [2.05, 4.69) is 50.7 Å². The molecule has 0 aliphatic heterocycles. The van der Waals surface area contributed by atoms with Crippen molar-refractivity contribution < 1.29 is 4.74 Å². The Labute approximate surface area is 129 Å². The molecule has 20 heavy (non-hydrogen) atoms. The summed E-state index contributed by atoms with van der Waals surface area (Å²) < 4.78 is 6.08. The first-order valence-electron chi connectivity index (χ1n) is 7.99. The molecule has 1 saturated carbocycles. The summed E-state index contributed by atoms with van der Waals surface area (Å²) >= 11 is 4.61. The molecule has 0 radical (unpaired) electrons. The zero-order valence-electron chi connectivity index (χ0n) is 12.9. The Hall–Kier alpha value is -0.630. The molecular formula is C18H28OS. The molecule has 0 atom stereocenters. The van der Waals surface area contributed by atoms with Gasteiger partial charge in [0.25, 0.3) is 0 Å². The van der Waals surface area contributed by atoms with Gasteiger partial charge in [-0.25, -0.2) is 0 Å². The largest absolute Gasteiger partial charge is 0.493 e. The van der Waals surface area contributed by atoms with Gasteiger partial charge in [0.1, 0.15) is 5.75 Å². The highest BCUT2D eigenvalue weighted by atomic mass is 32.1. The molecule has 0 N–H and O–H groups in total. The van der Waals surface area contributed by atoms with Crippen LogP contribution in [0.2, 0.25) is 0 Å². The van der Waals surface area contributed by atoms with E-state index < -0.39 is 0 Å². The molecule has 1 fully saturated rings. The van der Waals surface area contributed by atoms with E-state index in [4.69, 9.17) is 4.74 Å². The van der Waals surface area contributed by atoms with Crippen LogP contribution in [0.5, 0.6) is 5.75 Å². The van der Waals surface area contributed by atoms with Crippen molar-refractivity contribution in [3.05, 3.63) is 29.8 Å². The zero-order chi connectivity index (χ0) is 14.4. The van der Waals surface area contributed by atoms with Gasteiger partial charge >= 0.3 is 0 Å². The van der Waals surface area contributed by atoms with Crippen molar-refractivity contribution in [1.29, 1.82) is 0 Å². The summed E-state index contributed by atoms with van der Waals surface area (Å²) in [4.78, 5) is 0. The monoisotopic (exact) mass is 292 g/mol. The van der Waals surface area contributed by atoms with Crippen LogP contribution in [0.1, 0.15) is 63.9 Å².